The van der Waals surface area contributed by atoms with Gasteiger partial charge in [0.2, 0.25) is 0 Å². The highest BCUT2D eigenvalue weighted by Crippen LogP contribution is 2.39. The number of aliphatic hydroxyl groups is 11. The number of Topliss-reactive ketones (excluding diaryl/α,β-unsaturated/α-hetero) is 2. The number of hydrogen-bond donors (Lipinski definition) is 11. The SMILES string of the molecule is CC(=O)C(O)(C1O[C@H](CO)[C@@H](O)[C@H](O)[C@H]1O)C(O)C(O)(C(C)=O)C1O[C@H](CO)[C@@H](O)[C@H](O)[C@H]1O. The number of carbonyl (C=O) groups is 2. The van der Waals surface area contributed by atoms with Crippen molar-refractivity contribution in [2.75, 3.05) is 13.2 Å². The van der Waals surface area contributed by atoms with Crippen molar-refractivity contribution in [3.63, 3.8) is 0 Å². The highest BCUT2D eigenvalue weighted by Gasteiger charge is 2.67. The van der Waals surface area contributed by atoms with E-state index < -0.39 is 103 Å². The van der Waals surface area contributed by atoms with Crippen LogP contribution in [0.3, 0.4) is 0 Å². The number of rotatable bonds is 8. The summed E-state index contributed by atoms with van der Waals surface area (Å²) in [5.41, 5.74) is -6.87. The highest BCUT2D eigenvalue weighted by molar-refractivity contribution is 5.91. The van der Waals surface area contributed by atoms with Crippen molar-refractivity contribution in [1.29, 1.82) is 0 Å². The molecule has 0 aromatic heterocycles. The first-order valence-electron chi connectivity index (χ1n) is 10.4. The molecule has 2 aliphatic heterocycles. The molecule has 0 aliphatic carbocycles. The van der Waals surface area contributed by atoms with Gasteiger partial charge in [0.05, 0.1) is 13.2 Å². The molecular formula is C19H32O15. The molecule has 2 fully saturated rings. The third-order valence-electron chi connectivity index (χ3n) is 6.61. The van der Waals surface area contributed by atoms with E-state index in [-0.39, 0.29) is 0 Å². The second-order valence-corrected chi connectivity index (χ2v) is 8.66. The fourth-order valence-corrected chi connectivity index (χ4v) is 4.36. The molecule has 34 heavy (non-hydrogen) atoms. The molecule has 0 aromatic rings. The summed E-state index contributed by atoms with van der Waals surface area (Å²) in [7, 11) is 0. The zero-order valence-corrected chi connectivity index (χ0v) is 18.3. The number of aliphatic hydroxyl groups excluding tert-OH is 9. The Morgan fingerprint density at radius 3 is 1.21 bits per heavy atom. The molecule has 12 atom stereocenters. The molecule has 198 valence electrons. The number of ketones is 2. The van der Waals surface area contributed by atoms with Gasteiger partial charge < -0.3 is 65.6 Å². The zero-order valence-electron chi connectivity index (χ0n) is 18.3. The van der Waals surface area contributed by atoms with Crippen LogP contribution in [-0.2, 0) is 19.1 Å². The summed E-state index contributed by atoms with van der Waals surface area (Å²) in [5, 5.41) is 113. The van der Waals surface area contributed by atoms with Crippen LogP contribution in [0.2, 0.25) is 0 Å². The molecule has 0 amide bonds. The maximum Gasteiger partial charge on any atom is 0.180 e. The summed E-state index contributed by atoms with van der Waals surface area (Å²) in [6, 6.07) is 0. The van der Waals surface area contributed by atoms with E-state index in [4.69, 9.17) is 9.47 Å². The van der Waals surface area contributed by atoms with Gasteiger partial charge in [-0.2, -0.15) is 0 Å². The lowest BCUT2D eigenvalue weighted by molar-refractivity contribution is -0.312. The monoisotopic (exact) mass is 500 g/mol. The average molecular weight is 500 g/mol. The number of ether oxygens (including phenoxy) is 2. The van der Waals surface area contributed by atoms with Crippen LogP contribution >= 0.6 is 0 Å². The van der Waals surface area contributed by atoms with E-state index in [0.29, 0.717) is 13.8 Å². The lowest BCUT2D eigenvalue weighted by atomic mass is 9.69. The summed E-state index contributed by atoms with van der Waals surface area (Å²) >= 11 is 0. The third-order valence-corrected chi connectivity index (χ3v) is 6.61. The molecule has 2 heterocycles. The van der Waals surface area contributed by atoms with Gasteiger partial charge in [0.1, 0.15) is 67.1 Å². The van der Waals surface area contributed by atoms with Gasteiger partial charge in [-0.3, -0.25) is 9.59 Å². The Labute approximate surface area is 193 Å². The van der Waals surface area contributed by atoms with E-state index in [1.165, 1.54) is 0 Å². The van der Waals surface area contributed by atoms with Crippen molar-refractivity contribution in [1.82, 2.24) is 0 Å². The van der Waals surface area contributed by atoms with Crippen LogP contribution in [0.5, 0.6) is 0 Å². The molecule has 15 heteroatoms. The summed E-state index contributed by atoms with van der Waals surface area (Å²) in [6.45, 7) is -0.624. The van der Waals surface area contributed by atoms with E-state index >= 15 is 0 Å². The van der Waals surface area contributed by atoms with Crippen LogP contribution in [0.15, 0.2) is 0 Å². The van der Waals surface area contributed by atoms with Gasteiger partial charge in [0.25, 0.3) is 0 Å². The number of carbonyl (C=O) groups excluding carboxylic acids is 2. The Morgan fingerprint density at radius 1 is 0.676 bits per heavy atom. The summed E-state index contributed by atoms with van der Waals surface area (Å²) in [4.78, 5) is 25.1. The molecule has 0 bridgehead atoms. The van der Waals surface area contributed by atoms with Gasteiger partial charge in [0.15, 0.2) is 22.8 Å². The first kappa shape index (κ1) is 29.1. The van der Waals surface area contributed by atoms with E-state index in [9.17, 15) is 65.8 Å². The van der Waals surface area contributed by atoms with Crippen molar-refractivity contribution in [2.45, 2.75) is 92.2 Å². The Hall–Kier alpha value is -1.18. The first-order chi connectivity index (χ1) is 15.6. The minimum absolute atomic E-state index is 0.665. The van der Waals surface area contributed by atoms with Crippen molar-refractivity contribution in [2.24, 2.45) is 0 Å². The topological polar surface area (TPSA) is 275 Å². The normalized spacial score (nSPS) is 43.4. The van der Waals surface area contributed by atoms with E-state index in [1.54, 1.807) is 0 Å². The second kappa shape index (κ2) is 10.4. The molecule has 11 N–H and O–H groups in total. The summed E-state index contributed by atoms with van der Waals surface area (Å²) in [5.74, 6) is -2.85. The standard InChI is InChI=1S/C19H32O15/c1-5(22)18(31,15-13(28)11(26)9(24)7(3-20)33-15)17(30)19(32,6(2)23)16-14(29)12(27)10(25)8(4-21)34-16/h7-17,20-21,24-32H,3-4H2,1-2H3/t7-,8-,9-,10-,11+,12+,13-,14-,15?,16?,17?,18?,19?/m1/s1. The van der Waals surface area contributed by atoms with Crippen molar-refractivity contribution in [3.05, 3.63) is 0 Å². The van der Waals surface area contributed by atoms with E-state index in [2.05, 4.69) is 0 Å². The Kier molecular flexibility index (Phi) is 8.92. The lowest BCUT2D eigenvalue weighted by Gasteiger charge is -2.52. The highest BCUT2D eigenvalue weighted by atomic mass is 16.6. The molecule has 4 unspecified atom stereocenters. The smallest absolute Gasteiger partial charge is 0.180 e. The number of hydrogen-bond acceptors (Lipinski definition) is 15. The Balaban J connectivity index is 2.61. The van der Waals surface area contributed by atoms with Crippen LogP contribution in [0, 0.1) is 0 Å². The van der Waals surface area contributed by atoms with Crippen LogP contribution in [-0.4, -0.2) is 159 Å². The van der Waals surface area contributed by atoms with E-state index in [1.807, 2.05) is 0 Å². The minimum atomic E-state index is -3.44. The van der Waals surface area contributed by atoms with Crippen LogP contribution in [0.1, 0.15) is 13.8 Å². The summed E-state index contributed by atoms with van der Waals surface area (Å²) in [6.07, 6.45) is -23.6. The Morgan fingerprint density at radius 2 is 0.971 bits per heavy atom. The van der Waals surface area contributed by atoms with E-state index in [0.717, 1.165) is 0 Å². The molecule has 2 rings (SSSR count). The van der Waals surface area contributed by atoms with Gasteiger partial charge in [0, 0.05) is 0 Å². The maximum atomic E-state index is 12.5. The molecule has 2 aliphatic rings. The fraction of sp³-hybridized carbons (Fsp3) is 0.895. The molecule has 0 radical (unpaired) electrons. The molecule has 0 spiro atoms. The van der Waals surface area contributed by atoms with Crippen molar-refractivity contribution < 1.29 is 75.2 Å². The van der Waals surface area contributed by atoms with Crippen LogP contribution < -0.4 is 0 Å². The molecule has 15 nitrogen and oxygen atoms in total. The fourth-order valence-electron chi connectivity index (χ4n) is 4.36. The molecule has 0 aromatic carbocycles. The average Bonchev–Trinajstić information content (AvgIpc) is 2.79. The predicted octanol–water partition coefficient (Wildman–Crippen LogP) is -7.33. The largest absolute Gasteiger partial charge is 0.394 e. The van der Waals surface area contributed by atoms with Gasteiger partial charge in [-0.25, -0.2) is 0 Å². The lowest BCUT2D eigenvalue weighted by Crippen LogP contribution is -2.78. The first-order valence-corrected chi connectivity index (χ1v) is 10.4. The van der Waals surface area contributed by atoms with Gasteiger partial charge >= 0.3 is 0 Å². The predicted molar refractivity (Wildman–Crippen MR) is 105 cm³/mol. The van der Waals surface area contributed by atoms with Crippen LogP contribution in [0.25, 0.3) is 0 Å². The zero-order chi connectivity index (χ0) is 26.3. The minimum Gasteiger partial charge on any atom is -0.394 e. The molecule has 0 saturated carbocycles. The van der Waals surface area contributed by atoms with Crippen molar-refractivity contribution >= 4 is 11.6 Å². The van der Waals surface area contributed by atoms with Crippen LogP contribution in [0.4, 0.5) is 0 Å². The second-order valence-electron chi connectivity index (χ2n) is 8.66. The summed E-state index contributed by atoms with van der Waals surface area (Å²) < 4.78 is 10.3. The van der Waals surface area contributed by atoms with Crippen molar-refractivity contribution in [3.8, 4) is 0 Å². The van der Waals surface area contributed by atoms with Gasteiger partial charge in [-0.05, 0) is 13.8 Å². The molecule has 2 saturated heterocycles. The molecular weight excluding hydrogens is 468 g/mol. The maximum absolute atomic E-state index is 12.5. The third kappa shape index (κ3) is 4.41. The quantitative estimate of drug-likeness (QED) is 0.148. The Bertz CT molecular complexity index is 685. The van der Waals surface area contributed by atoms with Gasteiger partial charge in [-0.1, -0.05) is 0 Å². The van der Waals surface area contributed by atoms with Gasteiger partial charge in [-0.15, -0.1) is 0 Å².